The lowest BCUT2D eigenvalue weighted by Crippen LogP contribution is -1.89. The molecule has 0 radical (unpaired) electrons. The number of hydrogen-bond donors (Lipinski definition) is 0. The van der Waals surface area contributed by atoms with E-state index in [0.717, 1.165) is 16.9 Å². The summed E-state index contributed by atoms with van der Waals surface area (Å²) in [5.41, 5.74) is 5.50. The molecule has 2 nitrogen and oxygen atoms in total. The zero-order chi connectivity index (χ0) is 24.3. The highest BCUT2D eigenvalue weighted by atomic mass is 15.0. The maximum atomic E-state index is 4.87. The molecule has 2 heteroatoms. The van der Waals surface area contributed by atoms with Gasteiger partial charge >= 0.3 is 0 Å². The zero-order valence-corrected chi connectivity index (χ0v) is 20.1. The van der Waals surface area contributed by atoms with E-state index in [9.17, 15) is 0 Å². The van der Waals surface area contributed by atoms with Gasteiger partial charge in [-0.2, -0.15) is 0 Å². The summed E-state index contributed by atoms with van der Waals surface area (Å²) < 4.78 is 2.07. The van der Waals surface area contributed by atoms with Gasteiger partial charge in [-0.1, -0.05) is 97.1 Å². The van der Waals surface area contributed by atoms with E-state index in [4.69, 9.17) is 4.98 Å². The van der Waals surface area contributed by atoms with Crippen LogP contribution in [-0.2, 0) is 0 Å². The number of benzene rings is 6. The molecule has 0 saturated heterocycles. The Balaban J connectivity index is 1.46. The highest BCUT2D eigenvalue weighted by Gasteiger charge is 2.15. The Morgan fingerprint density at radius 2 is 1.05 bits per heavy atom. The van der Waals surface area contributed by atoms with E-state index in [1.54, 1.807) is 0 Å². The molecule has 8 aromatic rings. The molecule has 0 fully saturated rings. The molecule has 0 aliphatic rings. The molecule has 172 valence electrons. The van der Waals surface area contributed by atoms with E-state index in [1.807, 2.05) is 24.4 Å². The summed E-state index contributed by atoms with van der Waals surface area (Å²) in [6, 6.07) is 43.7. The quantitative estimate of drug-likeness (QED) is 0.230. The first-order valence-electron chi connectivity index (χ1n) is 12.6. The molecular formula is C35H22N2. The second kappa shape index (κ2) is 7.78. The van der Waals surface area contributed by atoms with Crippen molar-refractivity contribution in [1.29, 1.82) is 0 Å². The fourth-order valence-electron chi connectivity index (χ4n) is 5.93. The van der Waals surface area contributed by atoms with Crippen molar-refractivity contribution in [3.63, 3.8) is 0 Å². The third kappa shape index (κ3) is 3.03. The van der Waals surface area contributed by atoms with Gasteiger partial charge in [-0.3, -0.25) is 0 Å². The first-order chi connectivity index (χ1) is 18.3. The lowest BCUT2D eigenvalue weighted by molar-refractivity contribution is 1.19. The summed E-state index contributed by atoms with van der Waals surface area (Å²) in [5.74, 6) is 0. The molecule has 0 atom stereocenters. The number of nitrogens with zero attached hydrogens (tertiary/aromatic N) is 2. The molecule has 8 rings (SSSR count). The summed E-state index contributed by atoms with van der Waals surface area (Å²) in [5, 5.41) is 10.4. The van der Waals surface area contributed by atoms with Gasteiger partial charge in [0, 0.05) is 18.0 Å². The molecule has 2 aromatic heterocycles. The molecule has 6 aromatic carbocycles. The maximum absolute atomic E-state index is 4.87. The molecule has 2 heterocycles. The highest BCUT2D eigenvalue weighted by molar-refractivity contribution is 6.33. The Hall–Kier alpha value is -4.95. The first kappa shape index (κ1) is 20.3. The van der Waals surface area contributed by atoms with Gasteiger partial charge in [0.15, 0.2) is 0 Å². The average molecular weight is 471 g/mol. The highest BCUT2D eigenvalue weighted by Crippen LogP contribution is 2.43. The topological polar surface area (TPSA) is 17.3 Å². The van der Waals surface area contributed by atoms with Crippen molar-refractivity contribution in [2.24, 2.45) is 0 Å². The van der Waals surface area contributed by atoms with Crippen molar-refractivity contribution in [3.05, 3.63) is 134 Å². The van der Waals surface area contributed by atoms with Crippen LogP contribution in [-0.4, -0.2) is 9.38 Å². The summed E-state index contributed by atoms with van der Waals surface area (Å²) in [4.78, 5) is 4.87. The average Bonchev–Trinajstić information content (AvgIpc) is 3.41. The van der Waals surface area contributed by atoms with Gasteiger partial charge in [0.25, 0.3) is 0 Å². The third-order valence-corrected chi connectivity index (χ3v) is 7.58. The molecule has 0 aliphatic heterocycles. The van der Waals surface area contributed by atoms with Gasteiger partial charge in [0.05, 0.1) is 5.69 Å². The predicted molar refractivity (Wildman–Crippen MR) is 156 cm³/mol. The minimum Gasteiger partial charge on any atom is -0.306 e. The van der Waals surface area contributed by atoms with Crippen LogP contribution in [0.1, 0.15) is 0 Å². The fourth-order valence-corrected chi connectivity index (χ4v) is 5.93. The largest absolute Gasteiger partial charge is 0.306 e. The van der Waals surface area contributed by atoms with Crippen molar-refractivity contribution in [2.45, 2.75) is 0 Å². The van der Waals surface area contributed by atoms with Crippen molar-refractivity contribution in [3.8, 4) is 22.4 Å². The van der Waals surface area contributed by atoms with Gasteiger partial charge in [0.2, 0.25) is 0 Å². The molecule has 0 N–H and O–H groups in total. The fraction of sp³-hybridized carbons (Fsp3) is 0. The van der Waals surface area contributed by atoms with E-state index in [-0.39, 0.29) is 0 Å². The first-order valence-corrected chi connectivity index (χ1v) is 12.6. The van der Waals surface area contributed by atoms with Crippen molar-refractivity contribution in [1.82, 2.24) is 9.38 Å². The number of rotatable bonds is 2. The molecule has 37 heavy (non-hydrogen) atoms. The van der Waals surface area contributed by atoms with Crippen molar-refractivity contribution < 1.29 is 0 Å². The molecule has 0 amide bonds. The standard InChI is InChI=1S/C35H22N2/c1-2-14-27-25(12-1)26-13-3-5-16-29(26)35-30-17-6-4-15-28(30)31(21-32(27)35)23-10-9-11-24(20-23)33-22-37-19-8-7-18-34(37)36-33/h1-22H. The SMILES string of the molecule is c1cc(-c2cn3ccccc3n2)cc(-c2cc3c4ccccc4c4ccccc4c3c3ccccc23)c1. The third-order valence-electron chi connectivity index (χ3n) is 7.58. The molecular weight excluding hydrogens is 448 g/mol. The van der Waals surface area contributed by atoms with Gasteiger partial charge in [0.1, 0.15) is 5.65 Å². The zero-order valence-electron chi connectivity index (χ0n) is 20.1. The van der Waals surface area contributed by atoms with Crippen LogP contribution in [0.2, 0.25) is 0 Å². The molecule has 0 bridgehead atoms. The Bertz CT molecular complexity index is 2120. The number of aromatic nitrogens is 2. The van der Waals surface area contributed by atoms with Gasteiger partial charge in [-0.05, 0) is 78.5 Å². The van der Waals surface area contributed by atoms with Crippen LogP contribution < -0.4 is 0 Å². The monoisotopic (exact) mass is 470 g/mol. The van der Waals surface area contributed by atoms with E-state index in [2.05, 4.69) is 114 Å². The number of fused-ring (bicyclic) bond motifs is 9. The van der Waals surface area contributed by atoms with Crippen LogP contribution in [0, 0.1) is 0 Å². The predicted octanol–water partition coefficient (Wildman–Crippen LogP) is 9.28. The second-order valence-electron chi connectivity index (χ2n) is 9.66. The number of hydrogen-bond acceptors (Lipinski definition) is 1. The summed E-state index contributed by atoms with van der Waals surface area (Å²) >= 11 is 0. The molecule has 0 aliphatic carbocycles. The smallest absolute Gasteiger partial charge is 0.137 e. The van der Waals surface area contributed by atoms with Gasteiger partial charge in [-0.15, -0.1) is 0 Å². The Morgan fingerprint density at radius 3 is 1.81 bits per heavy atom. The molecule has 0 spiro atoms. The summed E-state index contributed by atoms with van der Waals surface area (Å²) in [7, 11) is 0. The maximum Gasteiger partial charge on any atom is 0.137 e. The van der Waals surface area contributed by atoms with E-state index >= 15 is 0 Å². The van der Waals surface area contributed by atoms with E-state index in [0.29, 0.717) is 0 Å². The molecule has 0 saturated carbocycles. The van der Waals surface area contributed by atoms with E-state index in [1.165, 1.54) is 54.2 Å². The summed E-state index contributed by atoms with van der Waals surface area (Å²) in [6.45, 7) is 0. The van der Waals surface area contributed by atoms with Gasteiger partial charge in [-0.25, -0.2) is 4.98 Å². The summed E-state index contributed by atoms with van der Waals surface area (Å²) in [6.07, 6.45) is 4.15. The Morgan fingerprint density at radius 1 is 0.459 bits per heavy atom. The van der Waals surface area contributed by atoms with Gasteiger partial charge < -0.3 is 4.40 Å². The van der Waals surface area contributed by atoms with E-state index < -0.39 is 0 Å². The minimum atomic E-state index is 0.956. The van der Waals surface area contributed by atoms with Crippen molar-refractivity contribution >= 4 is 48.7 Å². The van der Waals surface area contributed by atoms with Crippen LogP contribution >= 0.6 is 0 Å². The lowest BCUT2D eigenvalue weighted by Gasteiger charge is -2.16. The number of imidazole rings is 1. The van der Waals surface area contributed by atoms with Crippen LogP contribution in [0.4, 0.5) is 0 Å². The molecule has 0 unspecified atom stereocenters. The van der Waals surface area contributed by atoms with Crippen LogP contribution in [0.3, 0.4) is 0 Å². The second-order valence-corrected chi connectivity index (χ2v) is 9.66. The lowest BCUT2D eigenvalue weighted by atomic mass is 9.87. The Labute approximate surface area is 214 Å². The Kier molecular flexibility index (Phi) is 4.26. The van der Waals surface area contributed by atoms with Crippen LogP contribution in [0.15, 0.2) is 134 Å². The van der Waals surface area contributed by atoms with Crippen LogP contribution in [0.25, 0.3) is 71.1 Å². The van der Waals surface area contributed by atoms with Crippen LogP contribution in [0.5, 0.6) is 0 Å². The van der Waals surface area contributed by atoms with Crippen molar-refractivity contribution in [2.75, 3.05) is 0 Å². The normalized spacial score (nSPS) is 11.8. The number of pyridine rings is 1. The minimum absolute atomic E-state index is 0.956.